The van der Waals surface area contributed by atoms with Gasteiger partial charge in [0.15, 0.2) is 0 Å². The number of nitrogens with one attached hydrogen (secondary N) is 1. The van der Waals surface area contributed by atoms with Gasteiger partial charge in [0, 0.05) is 26.7 Å². The molecule has 0 aliphatic carbocycles. The van der Waals surface area contributed by atoms with E-state index in [4.69, 9.17) is 4.55 Å². The van der Waals surface area contributed by atoms with Crippen molar-refractivity contribution in [3.8, 4) is 0 Å². The Bertz CT molecular complexity index is 930. The summed E-state index contributed by atoms with van der Waals surface area (Å²) in [6.07, 6.45) is 3.82. The highest BCUT2D eigenvalue weighted by molar-refractivity contribution is 7.77. The summed E-state index contributed by atoms with van der Waals surface area (Å²) in [4.78, 5) is 10.2. The molecule has 0 amide bonds. The van der Waals surface area contributed by atoms with Crippen LogP contribution in [0.4, 0.5) is 15.9 Å². The van der Waals surface area contributed by atoms with Gasteiger partial charge >= 0.3 is 0 Å². The average Bonchev–Trinajstić information content (AvgIpc) is 2.95. The second-order valence-electron chi connectivity index (χ2n) is 5.62. The predicted molar refractivity (Wildman–Crippen MR) is 95.4 cm³/mol. The Labute approximate surface area is 146 Å². The minimum Gasteiger partial charge on any atom is -0.334 e. The van der Waals surface area contributed by atoms with Gasteiger partial charge in [0.25, 0.3) is 0 Å². The lowest BCUT2D eigenvalue weighted by molar-refractivity contribution is 0.549. The number of imidazole rings is 1. The number of rotatable bonds is 6. The smallest absolute Gasteiger partial charge is 0.231 e. The minimum atomic E-state index is -2.06. The molecule has 2 N–H and O–H groups in total. The van der Waals surface area contributed by atoms with Gasteiger partial charge in [-0.25, -0.2) is 23.3 Å². The Balaban J connectivity index is 1.82. The van der Waals surface area contributed by atoms with Crippen molar-refractivity contribution in [2.24, 2.45) is 7.05 Å². The molecular weight excluding hydrogens is 345 g/mol. The van der Waals surface area contributed by atoms with Crippen molar-refractivity contribution in [2.75, 3.05) is 18.5 Å². The molecule has 3 aromatic rings. The van der Waals surface area contributed by atoms with Crippen LogP contribution in [0.15, 0.2) is 36.8 Å². The van der Waals surface area contributed by atoms with Crippen molar-refractivity contribution in [1.29, 1.82) is 0 Å². The molecule has 9 heteroatoms. The summed E-state index contributed by atoms with van der Waals surface area (Å²) in [6.45, 7) is 0.288. The van der Waals surface area contributed by atoms with E-state index >= 15 is 0 Å². The van der Waals surface area contributed by atoms with E-state index in [1.807, 2.05) is 17.7 Å². The summed E-state index contributed by atoms with van der Waals surface area (Å²) in [5.74, 6) is 0.233. The van der Waals surface area contributed by atoms with Gasteiger partial charge in [-0.1, -0.05) is 6.07 Å². The second kappa shape index (κ2) is 7.26. The maximum absolute atomic E-state index is 14.5. The third-order valence-electron chi connectivity index (χ3n) is 3.95. The Kier molecular flexibility index (Phi) is 5.07. The number of aromatic nitrogens is 3. The van der Waals surface area contributed by atoms with E-state index in [-0.39, 0.29) is 12.4 Å². The van der Waals surface area contributed by atoms with Crippen molar-refractivity contribution in [3.63, 3.8) is 0 Å². The van der Waals surface area contributed by atoms with Crippen LogP contribution in [0.5, 0.6) is 0 Å². The summed E-state index contributed by atoms with van der Waals surface area (Å²) in [6, 6.07) is 6.75. The Morgan fingerprint density at radius 1 is 1.36 bits per heavy atom. The van der Waals surface area contributed by atoms with Crippen LogP contribution < -0.4 is 9.62 Å². The van der Waals surface area contributed by atoms with Crippen LogP contribution >= 0.6 is 0 Å². The fourth-order valence-corrected chi connectivity index (χ4v) is 2.86. The molecule has 0 saturated heterocycles. The Morgan fingerprint density at radius 2 is 2.16 bits per heavy atom. The fourth-order valence-electron chi connectivity index (χ4n) is 2.59. The van der Waals surface area contributed by atoms with E-state index in [1.54, 1.807) is 36.6 Å². The van der Waals surface area contributed by atoms with Gasteiger partial charge in [-0.05, 0) is 24.1 Å². The summed E-state index contributed by atoms with van der Waals surface area (Å²) >= 11 is -2.06. The third-order valence-corrected chi connectivity index (χ3v) is 4.40. The Hall–Kier alpha value is -2.36. The highest BCUT2D eigenvalue weighted by Gasteiger charge is 2.13. The van der Waals surface area contributed by atoms with E-state index < -0.39 is 11.3 Å². The van der Waals surface area contributed by atoms with Crippen LogP contribution in [0.1, 0.15) is 5.56 Å². The predicted octanol–water partition coefficient (Wildman–Crippen LogP) is 2.14. The van der Waals surface area contributed by atoms with E-state index in [0.29, 0.717) is 17.9 Å². The van der Waals surface area contributed by atoms with Gasteiger partial charge in [0.2, 0.25) is 11.3 Å². The van der Waals surface area contributed by atoms with Crippen LogP contribution in [0, 0.1) is 5.82 Å². The lowest BCUT2D eigenvalue weighted by Crippen LogP contribution is -2.19. The van der Waals surface area contributed by atoms with E-state index in [1.165, 1.54) is 6.07 Å². The molecule has 1 atom stereocenters. The van der Waals surface area contributed by atoms with Gasteiger partial charge < -0.3 is 9.47 Å². The first-order valence-corrected chi connectivity index (χ1v) is 8.70. The van der Waals surface area contributed by atoms with Crippen molar-refractivity contribution in [2.45, 2.75) is 6.42 Å². The highest BCUT2D eigenvalue weighted by atomic mass is 32.2. The standard InChI is InChI=1S/C16H18FN5O2S/c1-21-10-19-13-9-18-16(8-15(13)21)22(2)14-4-3-11(7-12(14)17)5-6-20-25(23)24/h3-4,7-10,20H,5-6H2,1-2H3,(H,23,24). The zero-order valence-corrected chi connectivity index (χ0v) is 14.6. The maximum Gasteiger partial charge on any atom is 0.231 e. The zero-order valence-electron chi connectivity index (χ0n) is 13.8. The first-order valence-electron chi connectivity index (χ1n) is 7.59. The monoisotopic (exact) mass is 363 g/mol. The number of fused-ring (bicyclic) bond motifs is 1. The van der Waals surface area contributed by atoms with Crippen molar-refractivity contribution >= 4 is 33.8 Å². The molecule has 132 valence electrons. The number of hydrogen-bond acceptors (Lipinski definition) is 4. The molecule has 2 aromatic heterocycles. The molecule has 0 fully saturated rings. The first kappa shape index (κ1) is 17.5. The minimum absolute atomic E-state index is 0.288. The average molecular weight is 363 g/mol. The van der Waals surface area contributed by atoms with Gasteiger partial charge in [-0.15, -0.1) is 0 Å². The number of aryl methyl sites for hydroxylation is 1. The highest BCUT2D eigenvalue weighted by Crippen LogP contribution is 2.27. The van der Waals surface area contributed by atoms with E-state index in [0.717, 1.165) is 16.6 Å². The zero-order chi connectivity index (χ0) is 18.0. The van der Waals surface area contributed by atoms with Crippen molar-refractivity contribution in [3.05, 3.63) is 48.2 Å². The van der Waals surface area contributed by atoms with Crippen LogP contribution in [-0.4, -0.2) is 36.9 Å². The van der Waals surface area contributed by atoms with Gasteiger partial charge in [0.1, 0.15) is 17.2 Å². The largest absolute Gasteiger partial charge is 0.334 e. The summed E-state index contributed by atoms with van der Waals surface area (Å²) in [7, 11) is 3.64. The number of nitrogens with zero attached hydrogens (tertiary/aromatic N) is 4. The van der Waals surface area contributed by atoms with Crippen molar-refractivity contribution in [1.82, 2.24) is 19.3 Å². The summed E-state index contributed by atoms with van der Waals surface area (Å²) in [5, 5.41) is 0. The quantitative estimate of drug-likeness (QED) is 0.656. The van der Waals surface area contributed by atoms with Gasteiger partial charge in [0.05, 0.1) is 23.7 Å². The third kappa shape index (κ3) is 3.84. The molecule has 1 aromatic carbocycles. The van der Waals surface area contributed by atoms with Crippen LogP contribution in [0.2, 0.25) is 0 Å². The summed E-state index contributed by atoms with van der Waals surface area (Å²) in [5.41, 5.74) is 2.83. The molecule has 0 spiro atoms. The maximum atomic E-state index is 14.5. The first-order chi connectivity index (χ1) is 12.0. The topological polar surface area (TPSA) is 83.3 Å². The molecule has 1 unspecified atom stereocenters. The fraction of sp³-hybridized carbons (Fsp3) is 0.250. The molecule has 0 saturated carbocycles. The molecule has 0 radical (unpaired) electrons. The molecule has 0 aliphatic heterocycles. The Morgan fingerprint density at radius 3 is 2.88 bits per heavy atom. The van der Waals surface area contributed by atoms with E-state index in [2.05, 4.69) is 14.7 Å². The van der Waals surface area contributed by atoms with Crippen LogP contribution in [-0.2, 0) is 24.7 Å². The SMILES string of the molecule is CN(c1cc2c(cn1)ncn2C)c1ccc(CCNS(=O)O)cc1F. The van der Waals surface area contributed by atoms with E-state index in [9.17, 15) is 8.60 Å². The van der Waals surface area contributed by atoms with Gasteiger partial charge in [-0.3, -0.25) is 4.55 Å². The number of hydrogen-bond donors (Lipinski definition) is 2. The molecule has 2 heterocycles. The van der Waals surface area contributed by atoms with Gasteiger partial charge in [-0.2, -0.15) is 0 Å². The van der Waals surface area contributed by atoms with Crippen molar-refractivity contribution < 1.29 is 13.2 Å². The lowest BCUT2D eigenvalue weighted by Gasteiger charge is -2.19. The second-order valence-corrected chi connectivity index (χ2v) is 6.41. The number of benzene rings is 1. The number of anilines is 2. The number of halogens is 1. The molecule has 25 heavy (non-hydrogen) atoms. The molecule has 0 bridgehead atoms. The number of pyridine rings is 1. The molecule has 0 aliphatic rings. The van der Waals surface area contributed by atoms with Crippen LogP contribution in [0.25, 0.3) is 11.0 Å². The normalized spacial score (nSPS) is 12.5. The summed E-state index contributed by atoms with van der Waals surface area (Å²) < 4.78 is 38.0. The lowest BCUT2D eigenvalue weighted by atomic mass is 10.1. The van der Waals surface area contributed by atoms with Crippen LogP contribution in [0.3, 0.4) is 0 Å². The molecule has 7 nitrogen and oxygen atoms in total. The molecule has 3 rings (SSSR count). The molecular formula is C16H18FN5O2S.